The van der Waals surface area contributed by atoms with E-state index in [2.05, 4.69) is 9.71 Å². The number of benzene rings is 1. The van der Waals surface area contributed by atoms with Crippen LogP contribution in [0, 0.1) is 5.82 Å². The Morgan fingerprint density at radius 2 is 2.38 bits per heavy atom. The predicted molar refractivity (Wildman–Crippen MR) is 63.4 cm³/mol. The molecule has 2 aromatic rings. The first-order valence-corrected chi connectivity index (χ1v) is 6.06. The minimum absolute atomic E-state index is 0.330. The molecule has 0 unspecified atom stereocenters. The van der Waals surface area contributed by atoms with Gasteiger partial charge in [-0.1, -0.05) is 6.07 Å². The summed E-state index contributed by atoms with van der Waals surface area (Å²) in [5.41, 5.74) is 0.330. The summed E-state index contributed by atoms with van der Waals surface area (Å²) >= 11 is 2.56. The molecule has 0 amide bonds. The first-order chi connectivity index (χ1) is 7.79. The summed E-state index contributed by atoms with van der Waals surface area (Å²) in [5.74, 6) is -0.418. The van der Waals surface area contributed by atoms with Crippen LogP contribution >= 0.6 is 23.3 Å². The van der Waals surface area contributed by atoms with Crippen molar-refractivity contribution < 1.29 is 9.18 Å². The number of hydrogen-bond donors (Lipinski definition) is 1. The highest BCUT2D eigenvalue weighted by atomic mass is 32.2. The number of carbonyl (C=O) groups is 1. The van der Waals surface area contributed by atoms with Crippen LogP contribution in [-0.2, 0) is 0 Å². The SMILES string of the molecule is O=Cc1ccc(SNc2nccs2)c(F)c1. The summed E-state index contributed by atoms with van der Waals surface area (Å²) in [6.45, 7) is 0. The molecule has 0 atom stereocenters. The number of rotatable bonds is 4. The molecule has 6 heteroatoms. The van der Waals surface area contributed by atoms with E-state index in [1.165, 1.54) is 17.4 Å². The molecule has 1 aromatic heterocycles. The van der Waals surface area contributed by atoms with Crippen molar-refractivity contribution in [3.8, 4) is 0 Å². The van der Waals surface area contributed by atoms with Crippen LogP contribution in [-0.4, -0.2) is 11.3 Å². The highest BCUT2D eigenvalue weighted by Crippen LogP contribution is 2.25. The Kier molecular flexibility index (Phi) is 3.53. The molecule has 2 rings (SSSR count). The second kappa shape index (κ2) is 5.09. The molecule has 3 nitrogen and oxygen atoms in total. The van der Waals surface area contributed by atoms with Crippen molar-refractivity contribution in [2.75, 3.05) is 4.72 Å². The fraction of sp³-hybridized carbons (Fsp3) is 0. The van der Waals surface area contributed by atoms with Gasteiger partial charge in [0.2, 0.25) is 0 Å². The summed E-state index contributed by atoms with van der Waals surface area (Å²) in [7, 11) is 0. The molecule has 0 radical (unpaired) electrons. The van der Waals surface area contributed by atoms with Gasteiger partial charge in [0, 0.05) is 17.1 Å². The van der Waals surface area contributed by atoms with Crippen LogP contribution in [0.3, 0.4) is 0 Å². The van der Waals surface area contributed by atoms with Crippen molar-refractivity contribution in [3.63, 3.8) is 0 Å². The first kappa shape index (κ1) is 11.1. The van der Waals surface area contributed by atoms with Gasteiger partial charge in [0.05, 0.1) is 4.90 Å². The van der Waals surface area contributed by atoms with Crippen molar-refractivity contribution in [2.45, 2.75) is 4.90 Å². The van der Waals surface area contributed by atoms with Crippen LogP contribution in [0.5, 0.6) is 0 Å². The number of thiazole rings is 1. The van der Waals surface area contributed by atoms with Gasteiger partial charge in [0.15, 0.2) is 5.13 Å². The number of aromatic nitrogens is 1. The monoisotopic (exact) mass is 254 g/mol. The zero-order chi connectivity index (χ0) is 11.4. The maximum atomic E-state index is 13.4. The molecular weight excluding hydrogens is 247 g/mol. The number of nitrogens with zero attached hydrogens (tertiary/aromatic N) is 1. The molecule has 0 aliphatic rings. The Hall–Kier alpha value is -1.40. The number of aldehydes is 1. The van der Waals surface area contributed by atoms with Gasteiger partial charge in [-0.25, -0.2) is 9.37 Å². The molecule has 1 heterocycles. The summed E-state index contributed by atoms with van der Waals surface area (Å²) < 4.78 is 16.3. The van der Waals surface area contributed by atoms with Gasteiger partial charge in [-0.3, -0.25) is 4.79 Å². The smallest absolute Gasteiger partial charge is 0.192 e. The number of carbonyl (C=O) groups excluding carboxylic acids is 1. The molecule has 0 fully saturated rings. The van der Waals surface area contributed by atoms with E-state index in [1.807, 2.05) is 5.38 Å². The Bertz CT molecular complexity index is 488. The highest BCUT2D eigenvalue weighted by molar-refractivity contribution is 8.00. The standard InChI is InChI=1S/C10H7FN2OS2/c11-8-5-7(6-14)1-2-9(8)16-13-10-12-3-4-15-10/h1-6H,(H,12,13). The third kappa shape index (κ3) is 2.59. The molecule has 1 aromatic carbocycles. The Labute approximate surface area is 99.8 Å². The number of hydrogen-bond acceptors (Lipinski definition) is 5. The molecule has 0 aliphatic carbocycles. The Balaban J connectivity index is 2.07. The number of halogens is 1. The lowest BCUT2D eigenvalue weighted by atomic mass is 10.2. The van der Waals surface area contributed by atoms with E-state index in [0.717, 1.165) is 11.9 Å². The zero-order valence-electron chi connectivity index (χ0n) is 8.01. The van der Waals surface area contributed by atoms with Crippen molar-refractivity contribution in [1.29, 1.82) is 0 Å². The van der Waals surface area contributed by atoms with Crippen LogP contribution in [0.15, 0.2) is 34.7 Å². The molecule has 0 saturated carbocycles. The lowest BCUT2D eigenvalue weighted by molar-refractivity contribution is 0.112. The molecule has 0 bridgehead atoms. The van der Waals surface area contributed by atoms with E-state index in [1.54, 1.807) is 18.3 Å². The summed E-state index contributed by atoms with van der Waals surface area (Å²) in [5, 5.41) is 2.54. The minimum atomic E-state index is -0.418. The fourth-order valence-electron chi connectivity index (χ4n) is 1.05. The first-order valence-electron chi connectivity index (χ1n) is 4.36. The summed E-state index contributed by atoms with van der Waals surface area (Å²) in [4.78, 5) is 14.9. The largest absolute Gasteiger partial charge is 0.301 e. The van der Waals surface area contributed by atoms with Crippen molar-refractivity contribution in [1.82, 2.24) is 4.98 Å². The van der Waals surface area contributed by atoms with Crippen LogP contribution in [0.2, 0.25) is 0 Å². The van der Waals surface area contributed by atoms with Gasteiger partial charge in [0.25, 0.3) is 0 Å². The molecule has 16 heavy (non-hydrogen) atoms. The van der Waals surface area contributed by atoms with Gasteiger partial charge in [-0.15, -0.1) is 11.3 Å². The third-order valence-corrected chi connectivity index (χ3v) is 3.44. The van der Waals surface area contributed by atoms with Gasteiger partial charge >= 0.3 is 0 Å². The van der Waals surface area contributed by atoms with E-state index in [9.17, 15) is 9.18 Å². The topological polar surface area (TPSA) is 42.0 Å². The Morgan fingerprint density at radius 1 is 1.50 bits per heavy atom. The predicted octanol–water partition coefficient (Wildman–Crippen LogP) is 3.21. The van der Waals surface area contributed by atoms with Crippen LogP contribution in [0.1, 0.15) is 10.4 Å². The molecule has 0 saturated heterocycles. The lowest BCUT2D eigenvalue weighted by Gasteiger charge is -2.03. The second-order valence-electron chi connectivity index (χ2n) is 2.85. The van der Waals surface area contributed by atoms with Gasteiger partial charge in [-0.05, 0) is 24.1 Å². The number of anilines is 1. The van der Waals surface area contributed by atoms with Gasteiger partial charge in [0.1, 0.15) is 12.1 Å². The van der Waals surface area contributed by atoms with E-state index >= 15 is 0 Å². The fourth-order valence-corrected chi connectivity index (χ4v) is 2.28. The third-order valence-electron chi connectivity index (χ3n) is 1.77. The molecular formula is C10H7FN2OS2. The van der Waals surface area contributed by atoms with Gasteiger partial charge < -0.3 is 4.72 Å². The summed E-state index contributed by atoms with van der Waals surface area (Å²) in [6, 6.07) is 4.34. The molecule has 0 spiro atoms. The van der Waals surface area contributed by atoms with E-state index in [-0.39, 0.29) is 0 Å². The zero-order valence-corrected chi connectivity index (χ0v) is 9.65. The average Bonchev–Trinajstić information content (AvgIpc) is 2.80. The number of nitrogens with one attached hydrogen (secondary N) is 1. The van der Waals surface area contributed by atoms with Crippen molar-refractivity contribution in [3.05, 3.63) is 41.2 Å². The van der Waals surface area contributed by atoms with Crippen LogP contribution < -0.4 is 4.72 Å². The normalized spacial score (nSPS) is 10.1. The van der Waals surface area contributed by atoms with Crippen LogP contribution in [0.4, 0.5) is 9.52 Å². The molecule has 0 aliphatic heterocycles. The minimum Gasteiger partial charge on any atom is -0.301 e. The van der Waals surface area contributed by atoms with E-state index in [0.29, 0.717) is 21.9 Å². The van der Waals surface area contributed by atoms with Crippen molar-refractivity contribution in [2.24, 2.45) is 0 Å². The second-order valence-corrected chi connectivity index (χ2v) is 4.59. The maximum Gasteiger partial charge on any atom is 0.192 e. The van der Waals surface area contributed by atoms with E-state index in [4.69, 9.17) is 0 Å². The highest BCUT2D eigenvalue weighted by Gasteiger charge is 2.04. The van der Waals surface area contributed by atoms with E-state index < -0.39 is 5.82 Å². The van der Waals surface area contributed by atoms with Gasteiger partial charge in [-0.2, -0.15) is 0 Å². The quantitative estimate of drug-likeness (QED) is 0.672. The van der Waals surface area contributed by atoms with Crippen LogP contribution in [0.25, 0.3) is 0 Å². The maximum absolute atomic E-state index is 13.4. The van der Waals surface area contributed by atoms with Crippen molar-refractivity contribution >= 4 is 34.7 Å². The molecule has 82 valence electrons. The summed E-state index contributed by atoms with van der Waals surface area (Å²) in [6.07, 6.45) is 2.28. The molecule has 1 N–H and O–H groups in total. The Morgan fingerprint density at radius 3 is 3.00 bits per heavy atom. The average molecular weight is 254 g/mol. The lowest BCUT2D eigenvalue weighted by Crippen LogP contribution is -1.90.